The molecule has 0 spiro atoms. The molecule has 2 N–H and O–H groups in total. The Morgan fingerprint density at radius 3 is 2.61 bits per heavy atom. The van der Waals surface area contributed by atoms with Crippen LogP contribution in [0, 0.1) is 6.92 Å². The fourth-order valence-electron chi connectivity index (χ4n) is 2.71. The molecule has 0 aliphatic carbocycles. The van der Waals surface area contributed by atoms with E-state index in [0.717, 1.165) is 5.69 Å². The van der Waals surface area contributed by atoms with Crippen molar-refractivity contribution in [3.05, 3.63) is 89.2 Å². The van der Waals surface area contributed by atoms with Gasteiger partial charge in [-0.05, 0) is 48.4 Å². The van der Waals surface area contributed by atoms with Crippen molar-refractivity contribution in [3.8, 4) is 0 Å². The Bertz CT molecular complexity index is 1000. The molecular formula is C22H21N3O3. The maximum atomic E-state index is 12.5. The molecular weight excluding hydrogens is 354 g/mol. The zero-order valence-corrected chi connectivity index (χ0v) is 15.7. The fraction of sp³-hybridized carbons (Fsp3) is 0.136. The van der Waals surface area contributed by atoms with E-state index in [1.807, 2.05) is 18.2 Å². The Morgan fingerprint density at radius 2 is 1.82 bits per heavy atom. The van der Waals surface area contributed by atoms with Gasteiger partial charge in [0.15, 0.2) is 0 Å². The summed E-state index contributed by atoms with van der Waals surface area (Å²) in [6.45, 7) is 2.71. The molecule has 1 amide bonds. The minimum absolute atomic E-state index is 0.276. The highest BCUT2D eigenvalue weighted by molar-refractivity contribution is 6.04. The van der Waals surface area contributed by atoms with Crippen molar-refractivity contribution >= 4 is 23.3 Å². The molecule has 1 aromatic heterocycles. The summed E-state index contributed by atoms with van der Waals surface area (Å²) in [4.78, 5) is 28.3. The molecule has 0 bridgehead atoms. The summed E-state index contributed by atoms with van der Waals surface area (Å²) in [5.74, 6) is -0.821. The number of rotatable bonds is 6. The summed E-state index contributed by atoms with van der Waals surface area (Å²) in [6.07, 6.45) is 1.58. The predicted octanol–water partition coefficient (Wildman–Crippen LogP) is 4.04. The van der Waals surface area contributed by atoms with Gasteiger partial charge in [-0.2, -0.15) is 0 Å². The van der Waals surface area contributed by atoms with Crippen LogP contribution in [0.5, 0.6) is 0 Å². The van der Waals surface area contributed by atoms with Gasteiger partial charge in [0.1, 0.15) is 5.69 Å². The van der Waals surface area contributed by atoms with E-state index in [4.69, 9.17) is 4.74 Å². The summed E-state index contributed by atoms with van der Waals surface area (Å²) < 4.78 is 4.70. The van der Waals surface area contributed by atoms with Crippen molar-refractivity contribution < 1.29 is 14.3 Å². The molecule has 6 nitrogen and oxygen atoms in total. The van der Waals surface area contributed by atoms with Crippen molar-refractivity contribution in [1.29, 1.82) is 0 Å². The molecule has 6 heteroatoms. The first-order valence-corrected chi connectivity index (χ1v) is 8.81. The molecule has 3 rings (SSSR count). The van der Waals surface area contributed by atoms with Crippen LogP contribution in [0.25, 0.3) is 0 Å². The van der Waals surface area contributed by atoms with Crippen LogP contribution < -0.4 is 10.6 Å². The number of ether oxygens (including phenoxy) is 1. The molecule has 2 aromatic carbocycles. The number of pyridine rings is 1. The Labute approximate surface area is 163 Å². The minimum atomic E-state index is -0.461. The lowest BCUT2D eigenvalue weighted by Crippen LogP contribution is -2.14. The summed E-state index contributed by atoms with van der Waals surface area (Å²) in [6, 6.07) is 18.2. The number of anilines is 2. The number of esters is 1. The second-order valence-electron chi connectivity index (χ2n) is 6.24. The van der Waals surface area contributed by atoms with E-state index in [-0.39, 0.29) is 11.6 Å². The molecule has 0 aliphatic heterocycles. The highest BCUT2D eigenvalue weighted by Gasteiger charge is 2.11. The number of carbonyl (C=O) groups excluding carboxylic acids is 2. The molecule has 142 valence electrons. The lowest BCUT2D eigenvalue weighted by molar-refractivity contribution is 0.0600. The number of hydrogen-bond acceptors (Lipinski definition) is 5. The average Bonchev–Trinajstić information content (AvgIpc) is 2.73. The number of carbonyl (C=O) groups is 2. The van der Waals surface area contributed by atoms with Crippen molar-refractivity contribution in [1.82, 2.24) is 4.98 Å². The molecule has 0 aliphatic rings. The van der Waals surface area contributed by atoms with Gasteiger partial charge in [-0.1, -0.05) is 30.3 Å². The van der Waals surface area contributed by atoms with Crippen LogP contribution in [-0.2, 0) is 11.3 Å². The SMILES string of the molecule is COC(=O)c1cccc(NC(=O)c2cc(NCc3ccccc3C)ccn2)c1. The lowest BCUT2D eigenvalue weighted by Gasteiger charge is -2.10. The van der Waals surface area contributed by atoms with Gasteiger partial charge >= 0.3 is 5.97 Å². The third-order valence-electron chi connectivity index (χ3n) is 4.28. The van der Waals surface area contributed by atoms with Crippen LogP contribution in [0.1, 0.15) is 32.0 Å². The molecule has 0 radical (unpaired) electrons. The van der Waals surface area contributed by atoms with Crippen LogP contribution in [0.3, 0.4) is 0 Å². The molecule has 28 heavy (non-hydrogen) atoms. The predicted molar refractivity (Wildman–Crippen MR) is 108 cm³/mol. The van der Waals surface area contributed by atoms with Crippen LogP contribution in [0.4, 0.5) is 11.4 Å². The van der Waals surface area contributed by atoms with E-state index in [9.17, 15) is 9.59 Å². The van der Waals surface area contributed by atoms with Crippen molar-refractivity contribution in [3.63, 3.8) is 0 Å². The van der Waals surface area contributed by atoms with E-state index in [1.54, 1.807) is 36.5 Å². The van der Waals surface area contributed by atoms with Gasteiger partial charge in [0.05, 0.1) is 12.7 Å². The van der Waals surface area contributed by atoms with Crippen molar-refractivity contribution in [2.45, 2.75) is 13.5 Å². The summed E-state index contributed by atoms with van der Waals surface area (Å²) in [5.41, 5.74) is 4.32. The minimum Gasteiger partial charge on any atom is -0.465 e. The number of nitrogens with one attached hydrogen (secondary N) is 2. The standard InChI is InChI=1S/C22H21N3O3/c1-15-6-3-4-7-17(15)14-24-18-10-11-23-20(13-18)21(26)25-19-9-5-8-16(12-19)22(27)28-2/h3-13H,14H2,1-2H3,(H,23,24)(H,25,26). The first-order chi connectivity index (χ1) is 13.6. The number of methoxy groups -OCH3 is 1. The van der Waals surface area contributed by atoms with Crippen LogP contribution in [0.15, 0.2) is 66.9 Å². The van der Waals surface area contributed by atoms with Crippen LogP contribution in [0.2, 0.25) is 0 Å². The Morgan fingerprint density at radius 1 is 1.00 bits per heavy atom. The number of benzene rings is 2. The topological polar surface area (TPSA) is 80.3 Å². The third kappa shape index (κ3) is 4.73. The van der Waals surface area contributed by atoms with Crippen LogP contribution in [-0.4, -0.2) is 24.0 Å². The zero-order chi connectivity index (χ0) is 19.9. The summed E-state index contributed by atoms with van der Waals surface area (Å²) >= 11 is 0. The third-order valence-corrected chi connectivity index (χ3v) is 4.28. The largest absolute Gasteiger partial charge is 0.465 e. The van der Waals surface area contributed by atoms with Crippen molar-refractivity contribution in [2.75, 3.05) is 17.7 Å². The molecule has 3 aromatic rings. The molecule has 0 unspecified atom stereocenters. The van der Waals surface area contributed by atoms with Gasteiger partial charge in [0, 0.05) is 24.1 Å². The lowest BCUT2D eigenvalue weighted by atomic mass is 10.1. The van der Waals surface area contributed by atoms with Gasteiger partial charge in [-0.15, -0.1) is 0 Å². The Kier molecular flexibility index (Phi) is 6.01. The normalized spacial score (nSPS) is 10.2. The molecule has 0 saturated carbocycles. The van der Waals surface area contributed by atoms with E-state index >= 15 is 0 Å². The zero-order valence-electron chi connectivity index (χ0n) is 15.7. The second-order valence-corrected chi connectivity index (χ2v) is 6.24. The number of aromatic nitrogens is 1. The number of hydrogen-bond donors (Lipinski definition) is 2. The molecule has 0 atom stereocenters. The summed E-state index contributed by atoms with van der Waals surface area (Å²) in [5, 5.41) is 6.06. The maximum Gasteiger partial charge on any atom is 0.337 e. The van der Waals surface area contributed by atoms with E-state index < -0.39 is 5.97 Å². The number of amides is 1. The summed E-state index contributed by atoms with van der Waals surface area (Å²) in [7, 11) is 1.31. The van der Waals surface area contributed by atoms with Gasteiger partial charge < -0.3 is 15.4 Å². The van der Waals surface area contributed by atoms with E-state index in [1.165, 1.54) is 18.2 Å². The highest BCUT2D eigenvalue weighted by atomic mass is 16.5. The monoisotopic (exact) mass is 375 g/mol. The molecule has 1 heterocycles. The number of nitrogens with zero attached hydrogens (tertiary/aromatic N) is 1. The van der Waals surface area contributed by atoms with Crippen LogP contribution >= 0.6 is 0 Å². The van der Waals surface area contributed by atoms with Crippen molar-refractivity contribution in [2.24, 2.45) is 0 Å². The van der Waals surface area contributed by atoms with Gasteiger partial charge in [0.2, 0.25) is 0 Å². The number of aryl methyl sites for hydroxylation is 1. The molecule has 0 fully saturated rings. The van der Waals surface area contributed by atoms with Gasteiger partial charge in [0.25, 0.3) is 5.91 Å². The smallest absolute Gasteiger partial charge is 0.337 e. The highest BCUT2D eigenvalue weighted by Crippen LogP contribution is 2.15. The average molecular weight is 375 g/mol. The fourth-order valence-corrected chi connectivity index (χ4v) is 2.71. The van der Waals surface area contributed by atoms with Gasteiger partial charge in [-0.3, -0.25) is 9.78 Å². The second kappa shape index (κ2) is 8.81. The van der Waals surface area contributed by atoms with E-state index in [2.05, 4.69) is 34.7 Å². The Balaban J connectivity index is 1.69. The Hall–Kier alpha value is -3.67. The first-order valence-electron chi connectivity index (χ1n) is 8.81. The maximum absolute atomic E-state index is 12.5. The quantitative estimate of drug-likeness (QED) is 0.636. The van der Waals surface area contributed by atoms with E-state index in [0.29, 0.717) is 17.8 Å². The molecule has 0 saturated heterocycles. The van der Waals surface area contributed by atoms with Gasteiger partial charge in [-0.25, -0.2) is 4.79 Å². The first kappa shape index (κ1) is 19.1.